The van der Waals surface area contributed by atoms with Gasteiger partial charge in [-0.15, -0.1) is 0 Å². The summed E-state index contributed by atoms with van der Waals surface area (Å²) < 4.78 is 26.5. The lowest BCUT2D eigenvalue weighted by Gasteiger charge is -2.07. The van der Waals surface area contributed by atoms with Gasteiger partial charge in [0.25, 0.3) is 0 Å². The van der Waals surface area contributed by atoms with Crippen molar-refractivity contribution in [2.75, 3.05) is 6.54 Å². The van der Waals surface area contributed by atoms with Gasteiger partial charge in [-0.3, -0.25) is 0 Å². The fraction of sp³-hybridized carbons (Fsp3) is 0.400. The summed E-state index contributed by atoms with van der Waals surface area (Å²) in [5.74, 6) is -3.50. The fourth-order valence-electron chi connectivity index (χ4n) is 1.33. The molecular formula is C10H13F2NO2. The normalized spacial score (nSPS) is 10.6. The molecule has 0 fully saturated rings. The number of hydrogen-bond acceptors (Lipinski definition) is 3. The molecule has 0 aliphatic rings. The van der Waals surface area contributed by atoms with Gasteiger partial charge in [0.2, 0.25) is 0 Å². The molecule has 0 heterocycles. The Labute approximate surface area is 86.2 Å². The summed E-state index contributed by atoms with van der Waals surface area (Å²) in [5, 5.41) is 18.1. The molecule has 1 rings (SSSR count). The molecule has 1 aromatic carbocycles. The predicted octanol–water partition coefficient (Wildman–Crippen LogP) is 1.66. The molecule has 0 aromatic heterocycles. The van der Waals surface area contributed by atoms with Crippen LogP contribution in [0.1, 0.15) is 18.4 Å². The first kappa shape index (κ1) is 11.7. The van der Waals surface area contributed by atoms with Gasteiger partial charge in [0, 0.05) is 11.6 Å². The van der Waals surface area contributed by atoms with Gasteiger partial charge in [-0.05, 0) is 25.8 Å². The molecule has 3 nitrogen and oxygen atoms in total. The Balaban J connectivity index is 2.94. The number of rotatable bonds is 4. The summed E-state index contributed by atoms with van der Waals surface area (Å²) in [6, 6.07) is 0.650. The standard InChI is InChI=1S/C10H13F2NO2/c11-9-6(3-1-2-4-13)10(12)8(15)5-7(9)14/h5,14-15H,1-4,13H2. The molecule has 1 aromatic rings. The predicted molar refractivity (Wildman–Crippen MR) is 51.7 cm³/mol. The summed E-state index contributed by atoms with van der Waals surface area (Å²) in [7, 11) is 0. The summed E-state index contributed by atoms with van der Waals surface area (Å²) in [6.45, 7) is 0.439. The molecular weight excluding hydrogens is 204 g/mol. The van der Waals surface area contributed by atoms with Crippen LogP contribution in [-0.4, -0.2) is 16.8 Å². The number of aromatic hydroxyl groups is 2. The van der Waals surface area contributed by atoms with Gasteiger partial charge in [0.1, 0.15) is 0 Å². The van der Waals surface area contributed by atoms with Gasteiger partial charge in [0.15, 0.2) is 23.1 Å². The zero-order valence-electron chi connectivity index (χ0n) is 8.13. The van der Waals surface area contributed by atoms with Crippen molar-refractivity contribution in [3.05, 3.63) is 23.3 Å². The van der Waals surface area contributed by atoms with Gasteiger partial charge in [-0.1, -0.05) is 0 Å². The maximum Gasteiger partial charge on any atom is 0.171 e. The molecule has 15 heavy (non-hydrogen) atoms. The lowest BCUT2D eigenvalue weighted by Crippen LogP contribution is -2.02. The highest BCUT2D eigenvalue weighted by atomic mass is 19.1. The van der Waals surface area contributed by atoms with Crippen molar-refractivity contribution in [3.63, 3.8) is 0 Å². The zero-order valence-corrected chi connectivity index (χ0v) is 8.13. The lowest BCUT2D eigenvalue weighted by atomic mass is 10.1. The second-order valence-electron chi connectivity index (χ2n) is 3.27. The highest BCUT2D eigenvalue weighted by Crippen LogP contribution is 2.30. The number of hydrogen-bond donors (Lipinski definition) is 3. The van der Waals surface area contributed by atoms with Gasteiger partial charge < -0.3 is 15.9 Å². The first-order valence-electron chi connectivity index (χ1n) is 4.66. The highest BCUT2D eigenvalue weighted by molar-refractivity contribution is 5.40. The fourth-order valence-corrected chi connectivity index (χ4v) is 1.33. The van der Waals surface area contributed by atoms with Crippen molar-refractivity contribution >= 4 is 0 Å². The minimum Gasteiger partial charge on any atom is -0.505 e. The van der Waals surface area contributed by atoms with Crippen molar-refractivity contribution < 1.29 is 19.0 Å². The minimum absolute atomic E-state index is 0.108. The Morgan fingerprint density at radius 3 is 2.07 bits per heavy atom. The van der Waals surface area contributed by atoms with Crippen LogP contribution in [0.5, 0.6) is 11.5 Å². The van der Waals surface area contributed by atoms with E-state index in [1.54, 1.807) is 0 Å². The number of halogens is 2. The average molecular weight is 217 g/mol. The first-order valence-corrected chi connectivity index (χ1v) is 4.66. The van der Waals surface area contributed by atoms with E-state index in [-0.39, 0.29) is 12.0 Å². The SMILES string of the molecule is NCCCCc1c(F)c(O)cc(O)c1F. The molecule has 0 aliphatic carbocycles. The average Bonchev–Trinajstić information content (AvgIpc) is 2.20. The van der Waals surface area contributed by atoms with E-state index in [1.807, 2.05) is 0 Å². The molecule has 0 atom stereocenters. The van der Waals surface area contributed by atoms with E-state index in [0.29, 0.717) is 25.5 Å². The zero-order chi connectivity index (χ0) is 11.4. The van der Waals surface area contributed by atoms with Crippen LogP contribution in [0.4, 0.5) is 8.78 Å². The number of phenolic OH excluding ortho intramolecular Hbond substituents is 2. The second kappa shape index (κ2) is 4.93. The lowest BCUT2D eigenvalue weighted by molar-refractivity contribution is 0.389. The van der Waals surface area contributed by atoms with E-state index in [1.165, 1.54) is 0 Å². The van der Waals surface area contributed by atoms with E-state index < -0.39 is 23.1 Å². The molecule has 0 bridgehead atoms. The van der Waals surface area contributed by atoms with E-state index in [4.69, 9.17) is 15.9 Å². The monoisotopic (exact) mass is 217 g/mol. The van der Waals surface area contributed by atoms with Gasteiger partial charge in [0.05, 0.1) is 0 Å². The molecule has 0 unspecified atom stereocenters. The van der Waals surface area contributed by atoms with Crippen molar-refractivity contribution in [3.8, 4) is 11.5 Å². The van der Waals surface area contributed by atoms with Crippen LogP contribution in [0, 0.1) is 11.6 Å². The summed E-state index contributed by atoms with van der Waals surface area (Å²) >= 11 is 0. The van der Waals surface area contributed by atoms with Crippen LogP contribution in [0.2, 0.25) is 0 Å². The smallest absolute Gasteiger partial charge is 0.171 e. The van der Waals surface area contributed by atoms with Crippen molar-refractivity contribution in [2.24, 2.45) is 5.73 Å². The molecule has 0 saturated heterocycles. The van der Waals surface area contributed by atoms with E-state index >= 15 is 0 Å². The number of unbranched alkanes of at least 4 members (excludes halogenated alkanes) is 1. The molecule has 0 aliphatic heterocycles. The van der Waals surface area contributed by atoms with Gasteiger partial charge in [-0.2, -0.15) is 0 Å². The largest absolute Gasteiger partial charge is 0.505 e. The summed E-state index contributed by atoms with van der Waals surface area (Å²) in [5.41, 5.74) is 4.95. The Hall–Kier alpha value is -1.36. The molecule has 0 amide bonds. The minimum atomic E-state index is -1.01. The topological polar surface area (TPSA) is 66.5 Å². The summed E-state index contributed by atoms with van der Waals surface area (Å²) in [4.78, 5) is 0. The van der Waals surface area contributed by atoms with Crippen molar-refractivity contribution in [1.29, 1.82) is 0 Å². The van der Waals surface area contributed by atoms with Crippen molar-refractivity contribution in [2.45, 2.75) is 19.3 Å². The maximum atomic E-state index is 13.2. The van der Waals surface area contributed by atoms with Crippen LogP contribution in [0.25, 0.3) is 0 Å². The molecule has 84 valence electrons. The summed E-state index contributed by atoms with van der Waals surface area (Å²) in [6.07, 6.45) is 1.25. The van der Waals surface area contributed by atoms with Crippen LogP contribution in [-0.2, 0) is 6.42 Å². The van der Waals surface area contributed by atoms with Gasteiger partial charge >= 0.3 is 0 Å². The van der Waals surface area contributed by atoms with E-state index in [2.05, 4.69) is 0 Å². The highest BCUT2D eigenvalue weighted by Gasteiger charge is 2.17. The molecule has 5 heteroatoms. The van der Waals surface area contributed by atoms with Crippen LogP contribution in [0.3, 0.4) is 0 Å². The Kier molecular flexibility index (Phi) is 3.85. The third kappa shape index (κ3) is 2.56. The Morgan fingerprint density at radius 2 is 1.60 bits per heavy atom. The quantitative estimate of drug-likeness (QED) is 0.672. The number of benzene rings is 1. The maximum absolute atomic E-state index is 13.2. The molecule has 4 N–H and O–H groups in total. The number of phenols is 2. The van der Waals surface area contributed by atoms with Gasteiger partial charge in [-0.25, -0.2) is 8.78 Å². The Morgan fingerprint density at radius 1 is 1.07 bits per heavy atom. The number of nitrogens with two attached hydrogens (primary N) is 1. The first-order chi connectivity index (χ1) is 7.07. The molecule has 0 radical (unpaired) electrons. The third-order valence-electron chi connectivity index (χ3n) is 2.13. The second-order valence-corrected chi connectivity index (χ2v) is 3.27. The van der Waals surface area contributed by atoms with E-state index in [9.17, 15) is 8.78 Å². The van der Waals surface area contributed by atoms with Crippen LogP contribution >= 0.6 is 0 Å². The van der Waals surface area contributed by atoms with Crippen molar-refractivity contribution in [1.82, 2.24) is 0 Å². The molecule has 0 spiro atoms. The Bertz CT molecular complexity index is 330. The molecule has 0 saturated carbocycles. The van der Waals surface area contributed by atoms with Crippen LogP contribution in [0.15, 0.2) is 6.07 Å². The van der Waals surface area contributed by atoms with Crippen LogP contribution < -0.4 is 5.73 Å². The third-order valence-corrected chi connectivity index (χ3v) is 2.13. The van der Waals surface area contributed by atoms with E-state index in [0.717, 1.165) is 0 Å².